The van der Waals surface area contributed by atoms with E-state index in [1.54, 1.807) is 6.92 Å². The highest BCUT2D eigenvalue weighted by Gasteiger charge is 2.63. The SMILES string of the molecule is CCCC1=NN(C(=O)c2cccc(C)c2O)[C@](O)(C(F)(F)F)C1. The third kappa shape index (κ3) is 2.90. The van der Waals surface area contributed by atoms with Crippen molar-refractivity contribution in [1.82, 2.24) is 5.01 Å². The minimum Gasteiger partial charge on any atom is -0.507 e. The number of alkyl halides is 3. The van der Waals surface area contributed by atoms with Gasteiger partial charge in [0.15, 0.2) is 0 Å². The number of aliphatic hydroxyl groups is 1. The number of aromatic hydroxyl groups is 1. The second-order valence-corrected chi connectivity index (χ2v) is 5.50. The highest BCUT2D eigenvalue weighted by atomic mass is 19.4. The molecule has 1 heterocycles. The summed E-state index contributed by atoms with van der Waals surface area (Å²) in [7, 11) is 0. The largest absolute Gasteiger partial charge is 0.507 e. The molecule has 0 fully saturated rings. The van der Waals surface area contributed by atoms with Crippen LogP contribution in [0.3, 0.4) is 0 Å². The first-order valence-electron chi connectivity index (χ1n) is 7.10. The average molecular weight is 330 g/mol. The van der Waals surface area contributed by atoms with Gasteiger partial charge in [-0.15, -0.1) is 0 Å². The van der Waals surface area contributed by atoms with Crippen molar-refractivity contribution in [3.8, 4) is 5.75 Å². The van der Waals surface area contributed by atoms with Gasteiger partial charge in [0.1, 0.15) is 5.75 Å². The summed E-state index contributed by atoms with van der Waals surface area (Å²) in [6, 6.07) is 4.13. The average Bonchev–Trinajstić information content (AvgIpc) is 2.79. The van der Waals surface area contributed by atoms with Crippen LogP contribution in [0.5, 0.6) is 5.75 Å². The monoisotopic (exact) mass is 330 g/mol. The van der Waals surface area contributed by atoms with Crippen LogP contribution in [-0.2, 0) is 0 Å². The molecule has 0 saturated heterocycles. The van der Waals surface area contributed by atoms with Crippen LogP contribution in [0.2, 0.25) is 0 Å². The third-order valence-corrected chi connectivity index (χ3v) is 3.70. The Morgan fingerprint density at radius 2 is 2.09 bits per heavy atom. The minimum atomic E-state index is -5.07. The van der Waals surface area contributed by atoms with E-state index in [-0.39, 0.29) is 22.7 Å². The molecule has 2 rings (SSSR count). The van der Waals surface area contributed by atoms with Crippen molar-refractivity contribution in [2.75, 3.05) is 0 Å². The number of benzene rings is 1. The standard InChI is InChI=1S/C15H17F3N2O3/c1-3-5-10-8-14(23,15(16,17)18)20(19-10)13(22)11-7-4-6-9(2)12(11)21/h4,6-7,21,23H,3,5,8H2,1-2H3/t14-/m1/s1. The van der Waals surface area contributed by atoms with Gasteiger partial charge < -0.3 is 10.2 Å². The van der Waals surface area contributed by atoms with Gasteiger partial charge in [0.2, 0.25) is 0 Å². The van der Waals surface area contributed by atoms with Crippen molar-refractivity contribution >= 4 is 11.6 Å². The summed E-state index contributed by atoms with van der Waals surface area (Å²) in [4.78, 5) is 12.4. The molecule has 2 N–H and O–H groups in total. The molecule has 1 aliphatic heterocycles. The van der Waals surface area contributed by atoms with Crippen LogP contribution < -0.4 is 0 Å². The summed E-state index contributed by atoms with van der Waals surface area (Å²) in [5.74, 6) is -1.63. The lowest BCUT2D eigenvalue weighted by Crippen LogP contribution is -2.56. The lowest BCUT2D eigenvalue weighted by molar-refractivity contribution is -0.297. The zero-order valence-corrected chi connectivity index (χ0v) is 12.7. The van der Waals surface area contributed by atoms with Gasteiger partial charge in [0, 0.05) is 12.1 Å². The number of rotatable bonds is 3. The Bertz CT molecular complexity index is 658. The molecule has 1 aliphatic rings. The van der Waals surface area contributed by atoms with Gasteiger partial charge in [0.25, 0.3) is 11.6 Å². The number of carbonyl (C=O) groups excluding carboxylic acids is 1. The number of halogens is 3. The Labute approximate surface area is 131 Å². The fourth-order valence-electron chi connectivity index (χ4n) is 2.43. The molecule has 1 aromatic rings. The molecule has 5 nitrogen and oxygen atoms in total. The topological polar surface area (TPSA) is 73.1 Å². The third-order valence-electron chi connectivity index (χ3n) is 3.70. The fraction of sp³-hybridized carbons (Fsp3) is 0.467. The molecular weight excluding hydrogens is 313 g/mol. The van der Waals surface area contributed by atoms with Gasteiger partial charge in [0.05, 0.1) is 5.56 Å². The smallest absolute Gasteiger partial charge is 0.438 e. The van der Waals surface area contributed by atoms with Crippen molar-refractivity contribution in [3.63, 3.8) is 0 Å². The summed E-state index contributed by atoms with van der Waals surface area (Å²) in [6.45, 7) is 3.27. The van der Waals surface area contributed by atoms with Crippen LogP contribution in [0.15, 0.2) is 23.3 Å². The number of nitrogens with zero attached hydrogens (tertiary/aromatic N) is 2. The van der Waals surface area contributed by atoms with Crippen molar-refractivity contribution in [2.45, 2.75) is 45.0 Å². The van der Waals surface area contributed by atoms with Gasteiger partial charge in [-0.3, -0.25) is 4.79 Å². The van der Waals surface area contributed by atoms with Crippen LogP contribution in [0, 0.1) is 6.92 Å². The predicted octanol–water partition coefficient (Wildman–Crippen LogP) is 2.95. The van der Waals surface area contributed by atoms with E-state index in [9.17, 15) is 28.2 Å². The van der Waals surface area contributed by atoms with Gasteiger partial charge >= 0.3 is 6.18 Å². The number of para-hydroxylation sites is 1. The van der Waals surface area contributed by atoms with Crippen LogP contribution in [0.25, 0.3) is 0 Å². The van der Waals surface area contributed by atoms with Crippen molar-refractivity contribution in [3.05, 3.63) is 29.3 Å². The van der Waals surface area contributed by atoms with E-state index in [1.807, 2.05) is 0 Å². The highest BCUT2D eigenvalue weighted by Crippen LogP contribution is 2.42. The number of phenols is 1. The fourth-order valence-corrected chi connectivity index (χ4v) is 2.43. The molecule has 8 heteroatoms. The van der Waals surface area contributed by atoms with Crippen molar-refractivity contribution in [2.24, 2.45) is 5.10 Å². The Morgan fingerprint density at radius 3 is 2.65 bits per heavy atom. The minimum absolute atomic E-state index is 0.0342. The number of phenolic OH excluding ortho intramolecular Hbond substituents is 1. The maximum absolute atomic E-state index is 13.3. The van der Waals surface area contributed by atoms with Gasteiger partial charge in [-0.25, -0.2) is 0 Å². The quantitative estimate of drug-likeness (QED) is 0.895. The molecule has 0 radical (unpaired) electrons. The first-order chi connectivity index (χ1) is 10.6. The van der Waals surface area contributed by atoms with Crippen LogP contribution >= 0.6 is 0 Å². The number of carbonyl (C=O) groups is 1. The first-order valence-corrected chi connectivity index (χ1v) is 7.10. The van der Waals surface area contributed by atoms with Gasteiger partial charge in [-0.1, -0.05) is 25.5 Å². The van der Waals surface area contributed by atoms with Crippen LogP contribution in [0.4, 0.5) is 13.2 Å². The predicted molar refractivity (Wildman–Crippen MR) is 77.0 cm³/mol. The molecule has 1 atom stereocenters. The summed E-state index contributed by atoms with van der Waals surface area (Å²) >= 11 is 0. The number of hydrogen-bond acceptors (Lipinski definition) is 4. The van der Waals surface area contributed by atoms with Crippen LogP contribution in [0.1, 0.15) is 42.1 Å². The molecule has 1 aromatic carbocycles. The Hall–Kier alpha value is -2.09. The maximum Gasteiger partial charge on any atom is 0.438 e. The van der Waals surface area contributed by atoms with Gasteiger partial charge in [-0.2, -0.15) is 23.3 Å². The second-order valence-electron chi connectivity index (χ2n) is 5.50. The first kappa shape index (κ1) is 17.3. The summed E-state index contributed by atoms with van der Waals surface area (Å²) < 4.78 is 39.9. The van der Waals surface area contributed by atoms with E-state index < -0.39 is 30.0 Å². The molecule has 0 bridgehead atoms. The van der Waals surface area contributed by atoms with Gasteiger partial charge in [-0.05, 0) is 25.0 Å². The summed E-state index contributed by atoms with van der Waals surface area (Å²) in [5, 5.41) is 23.7. The second kappa shape index (κ2) is 5.84. The number of hydrazone groups is 1. The Morgan fingerprint density at radius 1 is 1.43 bits per heavy atom. The lowest BCUT2D eigenvalue weighted by Gasteiger charge is -2.32. The molecule has 0 unspecified atom stereocenters. The van der Waals surface area contributed by atoms with E-state index in [0.717, 1.165) is 0 Å². The Kier molecular flexibility index (Phi) is 4.39. The zero-order valence-electron chi connectivity index (χ0n) is 12.7. The van der Waals surface area contributed by atoms with Crippen LogP contribution in [-0.4, -0.2) is 38.7 Å². The normalized spacial score (nSPS) is 21.5. The number of hydrogen-bond donors (Lipinski definition) is 2. The molecule has 0 aliphatic carbocycles. The highest BCUT2D eigenvalue weighted by molar-refractivity contribution is 6.00. The van der Waals surface area contributed by atoms with Crippen molar-refractivity contribution in [1.29, 1.82) is 0 Å². The molecular formula is C15H17F3N2O3. The molecule has 23 heavy (non-hydrogen) atoms. The molecule has 0 aromatic heterocycles. The number of aryl methyl sites for hydroxylation is 1. The summed E-state index contributed by atoms with van der Waals surface area (Å²) in [6.07, 6.45) is -5.09. The Balaban J connectivity index is 2.48. The molecule has 1 amide bonds. The van der Waals surface area contributed by atoms with E-state index in [2.05, 4.69) is 5.10 Å². The zero-order chi connectivity index (χ0) is 17.4. The van der Waals surface area contributed by atoms with E-state index in [4.69, 9.17) is 0 Å². The van der Waals surface area contributed by atoms with E-state index >= 15 is 0 Å². The molecule has 0 saturated carbocycles. The summed E-state index contributed by atoms with van der Waals surface area (Å²) in [5.41, 5.74) is -3.31. The molecule has 0 spiro atoms. The maximum atomic E-state index is 13.3. The molecule has 126 valence electrons. The van der Waals surface area contributed by atoms with E-state index in [0.29, 0.717) is 12.0 Å². The lowest BCUT2D eigenvalue weighted by atomic mass is 10.0. The van der Waals surface area contributed by atoms with E-state index in [1.165, 1.54) is 25.1 Å². The number of amides is 1. The van der Waals surface area contributed by atoms with Crippen molar-refractivity contribution < 1.29 is 28.2 Å².